The van der Waals surface area contributed by atoms with Crippen LogP contribution in [0, 0.1) is 5.92 Å². The van der Waals surface area contributed by atoms with Gasteiger partial charge in [0.25, 0.3) is 0 Å². The first kappa shape index (κ1) is 14.3. The molecule has 0 amide bonds. The van der Waals surface area contributed by atoms with Crippen molar-refractivity contribution in [3.05, 3.63) is 0 Å². The predicted octanol–water partition coefficient (Wildman–Crippen LogP) is 1.97. The van der Waals surface area contributed by atoms with Gasteiger partial charge in [-0.1, -0.05) is 6.92 Å². The minimum Gasteiger partial charge on any atom is -0.462 e. The summed E-state index contributed by atoms with van der Waals surface area (Å²) in [5, 5.41) is 0. The van der Waals surface area contributed by atoms with E-state index in [0.29, 0.717) is 0 Å². The van der Waals surface area contributed by atoms with E-state index in [1.54, 1.807) is 13.8 Å². The maximum absolute atomic E-state index is 13.7. The average Bonchev–Trinajstić information content (AvgIpc) is 2.58. The number of carbonyl (C=O) groups excluding carboxylic acids is 1. The molecule has 0 aromatic rings. The van der Waals surface area contributed by atoms with Crippen molar-refractivity contribution in [3.8, 4) is 0 Å². The molecule has 6 heteroatoms. The molecule has 17 heavy (non-hydrogen) atoms. The number of ether oxygens (including phenoxy) is 3. The molecule has 0 bridgehead atoms. The topological polar surface area (TPSA) is 44.8 Å². The van der Waals surface area contributed by atoms with Crippen molar-refractivity contribution in [2.24, 2.45) is 5.92 Å². The monoisotopic (exact) mass is 252 g/mol. The second-order valence-corrected chi connectivity index (χ2v) is 4.50. The molecule has 0 aliphatic carbocycles. The average molecular weight is 252 g/mol. The number of hydrogen-bond acceptors (Lipinski definition) is 4. The molecule has 0 aromatic heterocycles. The summed E-state index contributed by atoms with van der Waals surface area (Å²) in [6, 6.07) is 0. The van der Waals surface area contributed by atoms with Gasteiger partial charge in [-0.05, 0) is 20.8 Å². The number of rotatable bonds is 4. The van der Waals surface area contributed by atoms with Gasteiger partial charge in [0.05, 0.1) is 25.2 Å². The molecule has 2 atom stereocenters. The predicted molar refractivity (Wildman–Crippen MR) is 55.6 cm³/mol. The molecule has 4 nitrogen and oxygen atoms in total. The van der Waals surface area contributed by atoms with Crippen LogP contribution < -0.4 is 0 Å². The third-order valence-corrected chi connectivity index (χ3v) is 2.71. The van der Waals surface area contributed by atoms with E-state index in [2.05, 4.69) is 4.74 Å². The van der Waals surface area contributed by atoms with Crippen LogP contribution >= 0.6 is 0 Å². The van der Waals surface area contributed by atoms with Crippen LogP contribution in [0.3, 0.4) is 0 Å². The summed E-state index contributed by atoms with van der Waals surface area (Å²) in [6.45, 7) is 5.99. The van der Waals surface area contributed by atoms with Crippen molar-refractivity contribution in [2.75, 3.05) is 13.2 Å². The van der Waals surface area contributed by atoms with Crippen LogP contribution in [0.1, 0.15) is 27.7 Å². The van der Waals surface area contributed by atoms with E-state index >= 15 is 0 Å². The van der Waals surface area contributed by atoms with Gasteiger partial charge in [0.15, 0.2) is 5.79 Å². The summed E-state index contributed by atoms with van der Waals surface area (Å²) in [4.78, 5) is 11.2. The molecule has 1 heterocycles. The highest BCUT2D eigenvalue weighted by atomic mass is 19.3. The molecule has 0 aromatic carbocycles. The lowest BCUT2D eigenvalue weighted by Gasteiger charge is -2.26. The van der Waals surface area contributed by atoms with Gasteiger partial charge in [0.1, 0.15) is 0 Å². The van der Waals surface area contributed by atoms with Crippen LogP contribution in [0.2, 0.25) is 0 Å². The minimum atomic E-state index is -3.57. The highest BCUT2D eigenvalue weighted by Crippen LogP contribution is 2.35. The maximum atomic E-state index is 13.7. The van der Waals surface area contributed by atoms with Crippen LogP contribution in [0.5, 0.6) is 0 Å². The van der Waals surface area contributed by atoms with Crippen LogP contribution in [0.4, 0.5) is 8.78 Å². The first-order valence-electron chi connectivity index (χ1n) is 5.57. The highest BCUT2D eigenvalue weighted by molar-refractivity contribution is 5.78. The van der Waals surface area contributed by atoms with Crippen molar-refractivity contribution in [1.82, 2.24) is 0 Å². The number of alkyl halides is 2. The molecule has 1 fully saturated rings. The lowest BCUT2D eigenvalue weighted by molar-refractivity contribution is -0.193. The van der Waals surface area contributed by atoms with Gasteiger partial charge < -0.3 is 14.2 Å². The van der Waals surface area contributed by atoms with E-state index in [4.69, 9.17) is 9.47 Å². The summed E-state index contributed by atoms with van der Waals surface area (Å²) in [6.07, 6.45) is -0.815. The van der Waals surface area contributed by atoms with Gasteiger partial charge in [-0.3, -0.25) is 0 Å². The maximum Gasteiger partial charge on any atom is 0.377 e. The Hall–Kier alpha value is -0.750. The van der Waals surface area contributed by atoms with Crippen molar-refractivity contribution >= 4 is 5.97 Å². The summed E-state index contributed by atoms with van der Waals surface area (Å²) >= 11 is 0. The molecule has 1 aliphatic heterocycles. The highest BCUT2D eigenvalue weighted by Gasteiger charge is 2.52. The summed E-state index contributed by atoms with van der Waals surface area (Å²) < 4.78 is 42.3. The van der Waals surface area contributed by atoms with Crippen molar-refractivity contribution in [3.63, 3.8) is 0 Å². The Morgan fingerprint density at radius 2 is 2.18 bits per heavy atom. The number of esters is 1. The van der Waals surface area contributed by atoms with E-state index in [0.717, 1.165) is 0 Å². The number of carbonyl (C=O) groups is 1. The molecule has 0 radical (unpaired) electrons. The SMILES string of the molecule is CCOC(=O)C(F)(F)C(C)[C@H]1COC(C)(C)O1. The third kappa shape index (κ3) is 3.13. The molecule has 0 N–H and O–H groups in total. The number of halogens is 2. The zero-order valence-corrected chi connectivity index (χ0v) is 10.5. The molecule has 1 rings (SSSR count). The molecular formula is C11H18F2O4. The molecule has 0 spiro atoms. The second kappa shape index (κ2) is 4.86. The van der Waals surface area contributed by atoms with Gasteiger partial charge in [0, 0.05) is 0 Å². The summed E-state index contributed by atoms with van der Waals surface area (Å²) in [5.41, 5.74) is 0. The fourth-order valence-corrected chi connectivity index (χ4v) is 1.61. The van der Waals surface area contributed by atoms with E-state index in [1.807, 2.05) is 0 Å². The van der Waals surface area contributed by atoms with Gasteiger partial charge in [-0.15, -0.1) is 0 Å². The zero-order chi connectivity index (χ0) is 13.3. The quantitative estimate of drug-likeness (QED) is 0.718. The Morgan fingerprint density at radius 1 is 1.59 bits per heavy atom. The minimum absolute atomic E-state index is 0.0448. The van der Waals surface area contributed by atoms with Gasteiger partial charge in [0.2, 0.25) is 0 Å². The van der Waals surface area contributed by atoms with Crippen molar-refractivity contribution < 1.29 is 27.8 Å². The van der Waals surface area contributed by atoms with Crippen molar-refractivity contribution in [1.29, 1.82) is 0 Å². The van der Waals surface area contributed by atoms with E-state index in [1.165, 1.54) is 13.8 Å². The molecule has 1 aliphatic rings. The molecule has 1 saturated heterocycles. The third-order valence-electron chi connectivity index (χ3n) is 2.71. The zero-order valence-electron chi connectivity index (χ0n) is 10.5. The largest absolute Gasteiger partial charge is 0.462 e. The summed E-state index contributed by atoms with van der Waals surface area (Å²) in [7, 11) is 0. The van der Waals surface area contributed by atoms with Crippen LogP contribution in [0.15, 0.2) is 0 Å². The Morgan fingerprint density at radius 3 is 2.59 bits per heavy atom. The lowest BCUT2D eigenvalue weighted by atomic mass is 9.97. The van der Waals surface area contributed by atoms with E-state index in [-0.39, 0.29) is 13.2 Å². The van der Waals surface area contributed by atoms with Gasteiger partial charge >= 0.3 is 11.9 Å². The Balaban J connectivity index is 2.69. The van der Waals surface area contributed by atoms with Gasteiger partial charge in [-0.2, -0.15) is 8.78 Å². The standard InChI is InChI=1S/C11H18F2O4/c1-5-15-9(14)11(12,13)7(2)8-6-16-10(3,4)17-8/h7-8H,5-6H2,1-4H3/t7?,8-/m1/s1. The Kier molecular flexibility index (Phi) is 4.09. The molecule has 0 saturated carbocycles. The first-order chi connectivity index (χ1) is 7.70. The Bertz CT molecular complexity index is 291. The molecular weight excluding hydrogens is 234 g/mol. The second-order valence-electron chi connectivity index (χ2n) is 4.50. The fourth-order valence-electron chi connectivity index (χ4n) is 1.61. The van der Waals surface area contributed by atoms with Gasteiger partial charge in [-0.25, -0.2) is 4.79 Å². The smallest absolute Gasteiger partial charge is 0.377 e. The van der Waals surface area contributed by atoms with Crippen LogP contribution in [0.25, 0.3) is 0 Å². The molecule has 100 valence electrons. The van der Waals surface area contributed by atoms with Crippen molar-refractivity contribution in [2.45, 2.75) is 45.5 Å². The van der Waals surface area contributed by atoms with Crippen LogP contribution in [-0.2, 0) is 19.0 Å². The lowest BCUT2D eigenvalue weighted by Crippen LogP contribution is -2.44. The number of hydrogen-bond donors (Lipinski definition) is 0. The van der Waals surface area contributed by atoms with E-state index in [9.17, 15) is 13.6 Å². The van der Waals surface area contributed by atoms with Crippen LogP contribution in [-0.4, -0.2) is 37.0 Å². The van der Waals surface area contributed by atoms with E-state index < -0.39 is 29.7 Å². The fraction of sp³-hybridized carbons (Fsp3) is 0.909. The molecule has 1 unspecified atom stereocenters. The Labute approximate surface area is 99.2 Å². The normalized spacial score (nSPS) is 25.6. The first-order valence-corrected chi connectivity index (χ1v) is 5.57. The summed E-state index contributed by atoms with van der Waals surface area (Å²) in [5.74, 6) is -7.25.